The molecule has 0 heterocycles. The molecule has 124 valence electrons. The van der Waals surface area contributed by atoms with Crippen molar-refractivity contribution in [2.24, 2.45) is 29.6 Å². The molecule has 21 heavy (non-hydrogen) atoms. The largest absolute Gasteiger partial charge is 0.393 e. The van der Waals surface area contributed by atoms with Crippen molar-refractivity contribution < 1.29 is 5.11 Å². The van der Waals surface area contributed by atoms with E-state index in [-0.39, 0.29) is 6.10 Å². The highest BCUT2D eigenvalue weighted by Crippen LogP contribution is 2.44. The third-order valence-electron chi connectivity index (χ3n) is 6.83. The summed E-state index contributed by atoms with van der Waals surface area (Å²) in [5.74, 6) is 4.74. The Labute approximate surface area is 132 Å². The predicted molar refractivity (Wildman–Crippen MR) is 91.3 cm³/mol. The molecule has 4 atom stereocenters. The van der Waals surface area contributed by atoms with Crippen LogP contribution in [-0.2, 0) is 0 Å². The van der Waals surface area contributed by atoms with Crippen LogP contribution in [-0.4, -0.2) is 11.2 Å². The van der Waals surface area contributed by atoms with Gasteiger partial charge < -0.3 is 5.11 Å². The minimum absolute atomic E-state index is 0.00146. The Morgan fingerprint density at radius 2 is 1.57 bits per heavy atom. The van der Waals surface area contributed by atoms with E-state index in [0.717, 1.165) is 42.4 Å². The Morgan fingerprint density at radius 3 is 2.19 bits per heavy atom. The molecule has 0 radical (unpaired) electrons. The van der Waals surface area contributed by atoms with E-state index in [9.17, 15) is 5.11 Å². The zero-order valence-corrected chi connectivity index (χ0v) is 14.7. The van der Waals surface area contributed by atoms with Gasteiger partial charge in [-0.25, -0.2) is 0 Å². The van der Waals surface area contributed by atoms with E-state index in [2.05, 4.69) is 20.8 Å². The molecule has 3 unspecified atom stereocenters. The van der Waals surface area contributed by atoms with Gasteiger partial charge in [-0.2, -0.15) is 0 Å². The van der Waals surface area contributed by atoms with Gasteiger partial charge in [0.25, 0.3) is 0 Å². The van der Waals surface area contributed by atoms with E-state index in [1.807, 2.05) is 0 Å². The van der Waals surface area contributed by atoms with Crippen LogP contribution in [0.3, 0.4) is 0 Å². The average molecular weight is 295 g/mol. The lowest BCUT2D eigenvalue weighted by molar-refractivity contribution is 0.0615. The third-order valence-corrected chi connectivity index (χ3v) is 6.83. The van der Waals surface area contributed by atoms with Gasteiger partial charge in [0.1, 0.15) is 0 Å². The first-order valence-corrected chi connectivity index (χ1v) is 9.83. The quantitative estimate of drug-likeness (QED) is 0.655. The number of hydrogen-bond donors (Lipinski definition) is 1. The second-order valence-electron chi connectivity index (χ2n) is 8.07. The fraction of sp³-hybridized carbons (Fsp3) is 1.00. The van der Waals surface area contributed by atoms with E-state index < -0.39 is 0 Å². The molecule has 2 aliphatic carbocycles. The molecule has 0 aliphatic heterocycles. The van der Waals surface area contributed by atoms with Gasteiger partial charge in [-0.3, -0.25) is 0 Å². The molecule has 0 bridgehead atoms. The van der Waals surface area contributed by atoms with Crippen LogP contribution in [0.2, 0.25) is 0 Å². The molecular weight excluding hydrogens is 256 g/mol. The zero-order valence-electron chi connectivity index (χ0n) is 14.7. The maximum absolute atomic E-state index is 9.72. The molecule has 0 spiro atoms. The predicted octanol–water partition coefficient (Wildman–Crippen LogP) is 5.81. The van der Waals surface area contributed by atoms with Crippen LogP contribution in [0.5, 0.6) is 0 Å². The van der Waals surface area contributed by atoms with Crippen molar-refractivity contribution in [3.8, 4) is 0 Å². The molecule has 1 heteroatoms. The molecule has 2 rings (SSSR count). The van der Waals surface area contributed by atoms with Crippen molar-refractivity contribution in [2.75, 3.05) is 0 Å². The highest BCUT2D eigenvalue weighted by Gasteiger charge is 2.34. The fourth-order valence-electron chi connectivity index (χ4n) is 5.33. The van der Waals surface area contributed by atoms with Gasteiger partial charge in [-0.05, 0) is 61.7 Å². The summed E-state index contributed by atoms with van der Waals surface area (Å²) in [7, 11) is 0. The molecule has 0 aromatic rings. The monoisotopic (exact) mass is 294 g/mol. The van der Waals surface area contributed by atoms with Gasteiger partial charge in [-0.1, -0.05) is 59.3 Å². The molecule has 1 nitrogen and oxygen atoms in total. The van der Waals surface area contributed by atoms with Gasteiger partial charge in [0.2, 0.25) is 0 Å². The lowest BCUT2D eigenvalue weighted by Gasteiger charge is -2.41. The smallest absolute Gasteiger partial charge is 0.0540 e. The molecule has 0 amide bonds. The molecule has 1 N–H and O–H groups in total. The molecule has 2 fully saturated rings. The van der Waals surface area contributed by atoms with E-state index in [4.69, 9.17) is 0 Å². The van der Waals surface area contributed by atoms with E-state index in [0.29, 0.717) is 0 Å². The van der Waals surface area contributed by atoms with E-state index >= 15 is 0 Å². The Hall–Kier alpha value is -0.0400. The Balaban J connectivity index is 1.87. The number of aliphatic hydroxyl groups is 1. The van der Waals surface area contributed by atoms with Gasteiger partial charge in [0.15, 0.2) is 0 Å². The highest BCUT2D eigenvalue weighted by molar-refractivity contribution is 4.85. The van der Waals surface area contributed by atoms with Crippen molar-refractivity contribution in [1.29, 1.82) is 0 Å². The second kappa shape index (κ2) is 8.56. The summed E-state index contributed by atoms with van der Waals surface area (Å²) in [5.41, 5.74) is 0. The summed E-state index contributed by atoms with van der Waals surface area (Å²) in [6.45, 7) is 7.27. The standard InChI is InChI=1S/C20H38O/c1-4-7-16(5-2)19-9-6-8-18(14-19)15(3)17-10-12-20(21)13-11-17/h15-21H,4-14H2,1-3H3/t15-,16?,17?,18?,19?,20?/m0/s1. The van der Waals surface area contributed by atoms with E-state index in [1.165, 1.54) is 57.8 Å². The van der Waals surface area contributed by atoms with E-state index in [1.54, 1.807) is 0 Å². The average Bonchev–Trinajstić information content (AvgIpc) is 2.53. The molecule has 0 aromatic carbocycles. The summed E-state index contributed by atoms with van der Waals surface area (Å²) in [4.78, 5) is 0. The van der Waals surface area contributed by atoms with Gasteiger partial charge >= 0.3 is 0 Å². The van der Waals surface area contributed by atoms with Crippen molar-refractivity contribution in [1.82, 2.24) is 0 Å². The molecule has 2 saturated carbocycles. The highest BCUT2D eigenvalue weighted by atomic mass is 16.3. The number of rotatable bonds is 6. The maximum atomic E-state index is 9.72. The van der Waals surface area contributed by atoms with Crippen molar-refractivity contribution >= 4 is 0 Å². The Morgan fingerprint density at radius 1 is 0.905 bits per heavy atom. The van der Waals surface area contributed by atoms with Gasteiger partial charge in [-0.15, -0.1) is 0 Å². The second-order valence-corrected chi connectivity index (χ2v) is 8.07. The lowest BCUT2D eigenvalue weighted by atomic mass is 9.65. The normalized spacial score (nSPS) is 37.1. The van der Waals surface area contributed by atoms with Crippen LogP contribution < -0.4 is 0 Å². The van der Waals surface area contributed by atoms with Crippen LogP contribution >= 0.6 is 0 Å². The number of hydrogen-bond acceptors (Lipinski definition) is 1. The third kappa shape index (κ3) is 4.71. The minimum atomic E-state index is 0.00146. The van der Waals surface area contributed by atoms with Gasteiger partial charge in [0, 0.05) is 0 Å². The Kier molecular flexibility index (Phi) is 7.05. The molecule has 0 saturated heterocycles. The van der Waals surface area contributed by atoms with Crippen molar-refractivity contribution in [2.45, 2.75) is 97.5 Å². The van der Waals surface area contributed by atoms with Crippen LogP contribution in [0.1, 0.15) is 91.4 Å². The van der Waals surface area contributed by atoms with Gasteiger partial charge in [0.05, 0.1) is 6.10 Å². The van der Waals surface area contributed by atoms with Crippen LogP contribution in [0, 0.1) is 29.6 Å². The first-order chi connectivity index (χ1) is 10.2. The van der Waals surface area contributed by atoms with Crippen LogP contribution in [0.15, 0.2) is 0 Å². The fourth-order valence-corrected chi connectivity index (χ4v) is 5.33. The summed E-state index contributed by atoms with van der Waals surface area (Å²) < 4.78 is 0. The summed E-state index contributed by atoms with van der Waals surface area (Å²) >= 11 is 0. The lowest BCUT2D eigenvalue weighted by Crippen LogP contribution is -2.31. The summed E-state index contributed by atoms with van der Waals surface area (Å²) in [5, 5.41) is 9.72. The van der Waals surface area contributed by atoms with Crippen LogP contribution in [0.25, 0.3) is 0 Å². The van der Waals surface area contributed by atoms with Crippen LogP contribution in [0.4, 0.5) is 0 Å². The molecular formula is C20H38O. The zero-order chi connectivity index (χ0) is 15.2. The molecule has 0 aromatic heterocycles. The maximum Gasteiger partial charge on any atom is 0.0540 e. The first-order valence-electron chi connectivity index (χ1n) is 9.83. The Bertz CT molecular complexity index is 280. The minimum Gasteiger partial charge on any atom is -0.393 e. The first kappa shape index (κ1) is 17.3. The van der Waals surface area contributed by atoms with Crippen molar-refractivity contribution in [3.63, 3.8) is 0 Å². The SMILES string of the molecule is CCCC(CC)C1CCCC([C@@H](C)C2CCC(O)CC2)C1. The summed E-state index contributed by atoms with van der Waals surface area (Å²) in [6.07, 6.45) is 14.8. The van der Waals surface area contributed by atoms with Crippen molar-refractivity contribution in [3.05, 3.63) is 0 Å². The molecule has 2 aliphatic rings. The summed E-state index contributed by atoms with van der Waals surface area (Å²) in [6, 6.07) is 0. The topological polar surface area (TPSA) is 20.2 Å². The number of aliphatic hydroxyl groups excluding tert-OH is 1.